The van der Waals surface area contributed by atoms with Crippen LogP contribution in [0.15, 0.2) is 47.3 Å². The van der Waals surface area contributed by atoms with E-state index in [1.807, 2.05) is 17.0 Å². The lowest BCUT2D eigenvalue weighted by Gasteiger charge is -2.46. The lowest BCUT2D eigenvalue weighted by atomic mass is 9.73. The highest BCUT2D eigenvalue weighted by Crippen LogP contribution is 2.35. The molecule has 0 unspecified atom stereocenters. The molecule has 3 atom stereocenters. The number of carbonyl (C=O) groups excluding carboxylic acids is 2. The lowest BCUT2D eigenvalue weighted by molar-refractivity contribution is -0.134. The highest BCUT2D eigenvalue weighted by atomic mass is 19.1. The molecule has 2 amide bonds. The van der Waals surface area contributed by atoms with Gasteiger partial charge in [-0.3, -0.25) is 19.3 Å². The van der Waals surface area contributed by atoms with Gasteiger partial charge in [0.15, 0.2) is 0 Å². The summed E-state index contributed by atoms with van der Waals surface area (Å²) >= 11 is 0. The standard InChI is InChI=1S/C34H42FN7O3/c35-30-8-5-23(18-31-27-3-1-2-4-28(27)33(44)38-37-31)17-29(30)34(45)42-15-13-41(14-16-42)32(43)22-40-11-9-39(10-12-40)21-25-19-26-7-6-24(25)20-36-26/h1-5,8,17,24-26,36H,6-7,9-16,18-22H2,(H,38,44)/t24-,25+,26-/m1/s1. The molecule has 2 aromatic carbocycles. The van der Waals surface area contributed by atoms with Gasteiger partial charge in [0, 0.05) is 76.8 Å². The number of halogens is 1. The van der Waals surface area contributed by atoms with Gasteiger partial charge in [-0.15, -0.1) is 0 Å². The van der Waals surface area contributed by atoms with Crippen molar-refractivity contribution >= 4 is 22.6 Å². The quantitative estimate of drug-likeness (QED) is 0.419. The maximum Gasteiger partial charge on any atom is 0.272 e. The fourth-order valence-corrected chi connectivity index (χ4v) is 7.75. The predicted molar refractivity (Wildman–Crippen MR) is 170 cm³/mol. The van der Waals surface area contributed by atoms with Crippen LogP contribution in [0.3, 0.4) is 0 Å². The number of rotatable bonds is 7. The molecule has 5 aliphatic rings. The highest BCUT2D eigenvalue weighted by molar-refractivity contribution is 5.95. The number of piperidine rings is 2. The summed E-state index contributed by atoms with van der Waals surface area (Å²) in [7, 11) is 0. The Bertz CT molecular complexity index is 1600. The van der Waals surface area contributed by atoms with E-state index in [9.17, 15) is 18.8 Å². The van der Waals surface area contributed by atoms with Crippen molar-refractivity contribution in [3.8, 4) is 0 Å². The fourth-order valence-electron chi connectivity index (χ4n) is 7.75. The molecule has 1 aromatic heterocycles. The van der Waals surface area contributed by atoms with Crippen LogP contribution in [0.5, 0.6) is 0 Å². The zero-order chi connectivity index (χ0) is 30.9. The second-order valence-corrected chi connectivity index (χ2v) is 13.2. The summed E-state index contributed by atoms with van der Waals surface area (Å²) in [5.41, 5.74) is 1.12. The summed E-state index contributed by atoms with van der Waals surface area (Å²) in [6, 6.07) is 12.5. The first-order chi connectivity index (χ1) is 21.9. The summed E-state index contributed by atoms with van der Waals surface area (Å²) in [5, 5.41) is 11.7. The van der Waals surface area contributed by atoms with Crippen LogP contribution in [-0.4, -0.2) is 120 Å². The van der Waals surface area contributed by atoms with E-state index in [4.69, 9.17) is 0 Å². The van der Waals surface area contributed by atoms with E-state index in [0.717, 1.165) is 49.0 Å². The van der Waals surface area contributed by atoms with E-state index in [1.54, 1.807) is 29.2 Å². The third-order valence-electron chi connectivity index (χ3n) is 10.5. The summed E-state index contributed by atoms with van der Waals surface area (Å²) < 4.78 is 14.9. The number of nitrogens with zero attached hydrogens (tertiary/aromatic N) is 5. The number of H-pyrrole nitrogens is 1. The summed E-state index contributed by atoms with van der Waals surface area (Å²) in [5.74, 6) is 0.772. The smallest absolute Gasteiger partial charge is 0.272 e. The van der Waals surface area contributed by atoms with Crippen LogP contribution in [0.2, 0.25) is 0 Å². The first-order valence-corrected chi connectivity index (χ1v) is 16.4. The Hall–Kier alpha value is -3.67. The van der Waals surface area contributed by atoms with Crippen molar-refractivity contribution in [1.29, 1.82) is 0 Å². The second kappa shape index (κ2) is 13.0. The summed E-state index contributed by atoms with van der Waals surface area (Å²) in [6.45, 7) is 8.22. The predicted octanol–water partition coefficient (Wildman–Crippen LogP) is 1.94. The molecule has 45 heavy (non-hydrogen) atoms. The molecule has 10 nitrogen and oxygen atoms in total. The van der Waals surface area contributed by atoms with Gasteiger partial charge in [0.25, 0.3) is 11.5 Å². The van der Waals surface area contributed by atoms with Gasteiger partial charge in [0.05, 0.1) is 23.2 Å². The summed E-state index contributed by atoms with van der Waals surface area (Å²) in [4.78, 5) is 47.0. The molecule has 5 fully saturated rings. The molecule has 11 heteroatoms. The van der Waals surface area contributed by atoms with Crippen LogP contribution < -0.4 is 10.9 Å². The number of aromatic nitrogens is 2. The Labute approximate surface area is 262 Å². The molecule has 8 rings (SSSR count). The van der Waals surface area contributed by atoms with Crippen LogP contribution >= 0.6 is 0 Å². The zero-order valence-corrected chi connectivity index (χ0v) is 25.7. The Morgan fingerprint density at radius 2 is 1.62 bits per heavy atom. The molecule has 1 aliphatic carbocycles. The number of hydrogen-bond acceptors (Lipinski definition) is 7. The molecular weight excluding hydrogens is 573 g/mol. The minimum atomic E-state index is -0.576. The molecular formula is C34H42FN7O3. The Morgan fingerprint density at radius 3 is 2.33 bits per heavy atom. The SMILES string of the molecule is O=C(CN1CCN(C[C@@H]2C[C@H]3CC[C@@H]2CN3)CC1)N1CCN(C(=O)c2cc(Cc3n[nH]c(=O)c4ccccc34)ccc2F)CC1. The Balaban J connectivity index is 0.899. The molecule has 4 saturated heterocycles. The lowest BCUT2D eigenvalue weighted by Crippen LogP contribution is -2.56. The number of fused-ring (bicyclic) bond motifs is 4. The molecule has 0 radical (unpaired) electrons. The number of aromatic amines is 1. The number of nitrogens with one attached hydrogen (secondary N) is 2. The zero-order valence-electron chi connectivity index (χ0n) is 25.7. The third kappa shape index (κ3) is 6.52. The van der Waals surface area contributed by atoms with E-state index < -0.39 is 5.82 Å². The van der Waals surface area contributed by atoms with Gasteiger partial charge < -0.3 is 20.0 Å². The van der Waals surface area contributed by atoms with Crippen molar-refractivity contribution in [2.45, 2.75) is 31.7 Å². The average molecular weight is 616 g/mol. The minimum Gasteiger partial charge on any atom is -0.338 e. The number of carbonyl (C=O) groups is 2. The molecule has 1 saturated carbocycles. The second-order valence-electron chi connectivity index (χ2n) is 13.2. The number of benzene rings is 2. The first kappa shape index (κ1) is 30.0. The van der Waals surface area contributed by atoms with Crippen LogP contribution in [0.4, 0.5) is 4.39 Å². The van der Waals surface area contributed by atoms with Gasteiger partial charge >= 0.3 is 0 Å². The van der Waals surface area contributed by atoms with Gasteiger partial charge in [-0.2, -0.15) is 5.10 Å². The van der Waals surface area contributed by atoms with Crippen LogP contribution in [0.1, 0.15) is 40.9 Å². The van der Waals surface area contributed by atoms with Crippen LogP contribution in [0, 0.1) is 17.7 Å². The third-order valence-corrected chi connectivity index (χ3v) is 10.5. The van der Waals surface area contributed by atoms with Gasteiger partial charge in [0.1, 0.15) is 5.82 Å². The molecule has 3 aromatic rings. The highest BCUT2D eigenvalue weighted by Gasteiger charge is 2.36. The van der Waals surface area contributed by atoms with Crippen LogP contribution in [-0.2, 0) is 11.2 Å². The van der Waals surface area contributed by atoms with E-state index in [0.29, 0.717) is 56.3 Å². The van der Waals surface area contributed by atoms with E-state index in [2.05, 4.69) is 25.3 Å². The van der Waals surface area contributed by atoms with Gasteiger partial charge in [-0.25, -0.2) is 9.49 Å². The maximum absolute atomic E-state index is 14.9. The van der Waals surface area contributed by atoms with E-state index in [-0.39, 0.29) is 22.9 Å². The van der Waals surface area contributed by atoms with E-state index in [1.165, 1.54) is 38.4 Å². The van der Waals surface area contributed by atoms with Gasteiger partial charge in [0.2, 0.25) is 5.91 Å². The van der Waals surface area contributed by atoms with Crippen molar-refractivity contribution in [2.75, 3.05) is 72.0 Å². The Kier molecular flexibility index (Phi) is 8.66. The number of amides is 2. The van der Waals surface area contributed by atoms with Crippen molar-refractivity contribution in [2.24, 2.45) is 11.8 Å². The number of hydrogen-bond donors (Lipinski definition) is 2. The molecule has 4 aliphatic heterocycles. The number of piperazine rings is 2. The molecule has 2 N–H and O–H groups in total. The average Bonchev–Trinajstić information content (AvgIpc) is 3.08. The molecule has 238 valence electrons. The monoisotopic (exact) mass is 615 g/mol. The molecule has 2 bridgehead atoms. The van der Waals surface area contributed by atoms with Crippen molar-refractivity contribution in [3.63, 3.8) is 0 Å². The molecule has 5 heterocycles. The van der Waals surface area contributed by atoms with Crippen molar-refractivity contribution in [1.82, 2.24) is 35.1 Å². The first-order valence-electron chi connectivity index (χ1n) is 16.4. The fraction of sp³-hybridized carbons (Fsp3) is 0.529. The largest absolute Gasteiger partial charge is 0.338 e. The normalized spacial score (nSPS) is 24.3. The van der Waals surface area contributed by atoms with Gasteiger partial charge in [-0.1, -0.05) is 24.3 Å². The Morgan fingerprint density at radius 1 is 0.889 bits per heavy atom. The maximum atomic E-state index is 14.9. The topological polar surface area (TPSA) is 105 Å². The summed E-state index contributed by atoms with van der Waals surface area (Å²) in [6.07, 6.45) is 4.35. The minimum absolute atomic E-state index is 0.0104. The molecule has 0 spiro atoms. The van der Waals surface area contributed by atoms with Gasteiger partial charge in [-0.05, 0) is 61.4 Å². The van der Waals surface area contributed by atoms with Crippen LogP contribution in [0.25, 0.3) is 10.8 Å². The van der Waals surface area contributed by atoms with Crippen molar-refractivity contribution in [3.05, 3.63) is 75.5 Å². The van der Waals surface area contributed by atoms with E-state index >= 15 is 0 Å². The van der Waals surface area contributed by atoms with Crippen molar-refractivity contribution < 1.29 is 14.0 Å².